The molecule has 2 aromatic rings. The molecule has 29 heavy (non-hydrogen) atoms. The lowest BCUT2D eigenvalue weighted by atomic mass is 10.0. The second-order valence-electron chi connectivity index (χ2n) is 7.31. The third-order valence-corrected chi connectivity index (χ3v) is 4.99. The van der Waals surface area contributed by atoms with E-state index in [4.69, 9.17) is 4.42 Å². The zero-order valence-electron chi connectivity index (χ0n) is 17.1. The third kappa shape index (κ3) is 8.34. The van der Waals surface area contributed by atoms with Gasteiger partial charge in [-0.15, -0.1) is 24.0 Å². The summed E-state index contributed by atoms with van der Waals surface area (Å²) in [6.45, 7) is 6.69. The fourth-order valence-electron chi connectivity index (χ4n) is 3.41. The van der Waals surface area contributed by atoms with Gasteiger partial charge in [0.25, 0.3) is 0 Å². The van der Waals surface area contributed by atoms with E-state index in [9.17, 15) is 4.39 Å². The Balaban J connectivity index is 0.00000300. The molecule has 1 fully saturated rings. The van der Waals surface area contributed by atoms with Crippen molar-refractivity contribution in [2.45, 2.75) is 45.2 Å². The van der Waals surface area contributed by atoms with Crippen LogP contribution in [-0.4, -0.2) is 43.1 Å². The van der Waals surface area contributed by atoms with Gasteiger partial charge in [0.05, 0.1) is 6.26 Å². The van der Waals surface area contributed by atoms with E-state index in [2.05, 4.69) is 27.4 Å². The average molecular weight is 514 g/mol. The number of aliphatic imine (C=N–C) groups is 1. The van der Waals surface area contributed by atoms with E-state index < -0.39 is 0 Å². The number of hydrogen-bond acceptors (Lipinski definition) is 3. The summed E-state index contributed by atoms with van der Waals surface area (Å²) in [7, 11) is 0. The Morgan fingerprint density at radius 1 is 1.21 bits per heavy atom. The van der Waals surface area contributed by atoms with Crippen molar-refractivity contribution in [1.29, 1.82) is 0 Å². The molecule has 2 N–H and O–H groups in total. The van der Waals surface area contributed by atoms with Crippen molar-refractivity contribution < 1.29 is 8.81 Å². The van der Waals surface area contributed by atoms with E-state index in [1.165, 1.54) is 12.1 Å². The molecule has 3 rings (SSSR count). The van der Waals surface area contributed by atoms with Gasteiger partial charge in [-0.2, -0.15) is 0 Å². The largest absolute Gasteiger partial charge is 0.469 e. The Hall–Kier alpha value is -1.61. The van der Waals surface area contributed by atoms with Crippen molar-refractivity contribution in [2.24, 2.45) is 4.99 Å². The Morgan fingerprint density at radius 2 is 1.97 bits per heavy atom. The smallest absolute Gasteiger partial charge is 0.191 e. The van der Waals surface area contributed by atoms with Crippen LogP contribution in [0.4, 0.5) is 4.39 Å². The zero-order valence-corrected chi connectivity index (χ0v) is 19.4. The van der Waals surface area contributed by atoms with Gasteiger partial charge < -0.3 is 15.1 Å². The summed E-state index contributed by atoms with van der Waals surface area (Å²) in [5.41, 5.74) is 1.16. The molecule has 0 atom stereocenters. The van der Waals surface area contributed by atoms with Crippen LogP contribution in [-0.2, 0) is 13.0 Å². The van der Waals surface area contributed by atoms with Crippen molar-refractivity contribution in [1.82, 2.24) is 15.5 Å². The molecule has 1 aromatic carbocycles. The van der Waals surface area contributed by atoms with E-state index in [1.54, 1.807) is 6.26 Å². The Kier molecular flexibility index (Phi) is 10.5. The van der Waals surface area contributed by atoms with E-state index in [-0.39, 0.29) is 29.8 Å². The first kappa shape index (κ1) is 23.7. The van der Waals surface area contributed by atoms with Gasteiger partial charge >= 0.3 is 0 Å². The normalized spacial score (nSPS) is 15.7. The number of halogens is 2. The Labute approximate surface area is 190 Å². The second-order valence-corrected chi connectivity index (χ2v) is 7.31. The minimum absolute atomic E-state index is 0. The molecule has 5 nitrogen and oxygen atoms in total. The highest BCUT2D eigenvalue weighted by Crippen LogP contribution is 2.14. The van der Waals surface area contributed by atoms with Crippen LogP contribution in [0.5, 0.6) is 0 Å². The highest BCUT2D eigenvalue weighted by molar-refractivity contribution is 14.0. The highest BCUT2D eigenvalue weighted by Gasteiger charge is 2.20. The quantitative estimate of drug-likeness (QED) is 0.315. The fourth-order valence-corrected chi connectivity index (χ4v) is 3.41. The van der Waals surface area contributed by atoms with Crippen molar-refractivity contribution in [3.8, 4) is 0 Å². The molecule has 2 heterocycles. The van der Waals surface area contributed by atoms with Gasteiger partial charge in [0.2, 0.25) is 0 Å². The van der Waals surface area contributed by atoms with Crippen molar-refractivity contribution >= 4 is 29.9 Å². The van der Waals surface area contributed by atoms with E-state index in [0.717, 1.165) is 75.7 Å². The van der Waals surface area contributed by atoms with Crippen LogP contribution in [0.2, 0.25) is 0 Å². The van der Waals surface area contributed by atoms with Crippen molar-refractivity contribution in [3.63, 3.8) is 0 Å². The molecule has 0 bridgehead atoms. The van der Waals surface area contributed by atoms with Gasteiger partial charge in [-0.3, -0.25) is 9.89 Å². The number of furan rings is 1. The van der Waals surface area contributed by atoms with Crippen LogP contribution in [0.3, 0.4) is 0 Å². The maximum atomic E-state index is 13.1. The summed E-state index contributed by atoms with van der Waals surface area (Å²) in [6.07, 6.45) is 5.73. The molecule has 0 amide bonds. The van der Waals surface area contributed by atoms with Crippen LogP contribution >= 0.6 is 24.0 Å². The maximum absolute atomic E-state index is 13.1. The highest BCUT2D eigenvalue weighted by atomic mass is 127. The van der Waals surface area contributed by atoms with Gasteiger partial charge in [-0.05, 0) is 49.1 Å². The number of likely N-dealkylation sites (tertiary alicyclic amines) is 1. The lowest BCUT2D eigenvalue weighted by Crippen LogP contribution is -2.49. The summed E-state index contributed by atoms with van der Waals surface area (Å²) in [6, 6.07) is 11.2. The van der Waals surface area contributed by atoms with E-state index in [1.807, 2.05) is 24.3 Å². The van der Waals surface area contributed by atoms with Crippen LogP contribution < -0.4 is 10.6 Å². The zero-order chi connectivity index (χ0) is 19.6. The Bertz CT molecular complexity index is 713. The molecule has 0 aliphatic carbocycles. The summed E-state index contributed by atoms with van der Waals surface area (Å²) < 4.78 is 18.4. The SMILES string of the molecule is CCCN=C(NCCc1ccco1)NC1CCN(Cc2ccc(F)cc2)CC1.I. The average Bonchev–Trinajstić information content (AvgIpc) is 3.23. The second kappa shape index (κ2) is 12.8. The molecular formula is C22H32FIN4O. The van der Waals surface area contributed by atoms with Crippen molar-refractivity contribution in [2.75, 3.05) is 26.2 Å². The monoisotopic (exact) mass is 514 g/mol. The van der Waals surface area contributed by atoms with Gasteiger partial charge in [-0.25, -0.2) is 4.39 Å². The molecule has 0 saturated carbocycles. The molecule has 160 valence electrons. The first-order chi connectivity index (χ1) is 13.7. The fraction of sp³-hybridized carbons (Fsp3) is 0.500. The maximum Gasteiger partial charge on any atom is 0.191 e. The van der Waals surface area contributed by atoms with Crippen LogP contribution in [0.25, 0.3) is 0 Å². The number of piperidine rings is 1. The number of nitrogens with one attached hydrogen (secondary N) is 2. The molecule has 1 saturated heterocycles. The molecule has 0 spiro atoms. The summed E-state index contributed by atoms with van der Waals surface area (Å²) in [4.78, 5) is 7.09. The van der Waals surface area contributed by atoms with Gasteiger partial charge in [0.15, 0.2) is 5.96 Å². The van der Waals surface area contributed by atoms with Gasteiger partial charge in [0.1, 0.15) is 11.6 Å². The van der Waals surface area contributed by atoms with Gasteiger partial charge in [0, 0.05) is 45.2 Å². The number of nitrogens with zero attached hydrogens (tertiary/aromatic N) is 2. The summed E-state index contributed by atoms with van der Waals surface area (Å²) in [5.74, 6) is 1.70. The standard InChI is InChI=1S/C22H31FN4O.HI/c1-2-12-24-22(25-13-9-21-4-3-16-28-21)26-20-10-14-27(15-11-20)17-18-5-7-19(23)8-6-18;/h3-8,16,20H,2,9-15,17H2,1H3,(H2,24,25,26);1H. The summed E-state index contributed by atoms with van der Waals surface area (Å²) >= 11 is 0. The number of rotatable bonds is 8. The minimum atomic E-state index is -0.176. The molecule has 1 aromatic heterocycles. The minimum Gasteiger partial charge on any atom is -0.469 e. The van der Waals surface area contributed by atoms with Crippen molar-refractivity contribution in [3.05, 3.63) is 59.8 Å². The van der Waals surface area contributed by atoms with E-state index in [0.29, 0.717) is 6.04 Å². The third-order valence-electron chi connectivity index (χ3n) is 4.99. The molecular weight excluding hydrogens is 482 g/mol. The summed E-state index contributed by atoms with van der Waals surface area (Å²) in [5, 5.41) is 7.02. The molecule has 1 aliphatic heterocycles. The molecule has 1 aliphatic rings. The first-order valence-electron chi connectivity index (χ1n) is 10.3. The topological polar surface area (TPSA) is 52.8 Å². The Morgan fingerprint density at radius 3 is 2.62 bits per heavy atom. The first-order valence-corrected chi connectivity index (χ1v) is 10.3. The number of benzene rings is 1. The predicted molar refractivity (Wildman–Crippen MR) is 126 cm³/mol. The molecule has 0 radical (unpaired) electrons. The van der Waals surface area contributed by atoms with Gasteiger partial charge in [-0.1, -0.05) is 19.1 Å². The van der Waals surface area contributed by atoms with Crippen LogP contribution in [0.1, 0.15) is 37.5 Å². The predicted octanol–water partition coefficient (Wildman–Crippen LogP) is 4.19. The van der Waals surface area contributed by atoms with E-state index >= 15 is 0 Å². The number of hydrogen-bond donors (Lipinski definition) is 2. The lowest BCUT2D eigenvalue weighted by Gasteiger charge is -2.33. The van der Waals surface area contributed by atoms with Crippen LogP contribution in [0, 0.1) is 5.82 Å². The molecule has 0 unspecified atom stereocenters. The molecule has 7 heteroatoms. The lowest BCUT2D eigenvalue weighted by molar-refractivity contribution is 0.198. The number of guanidine groups is 1. The van der Waals surface area contributed by atoms with Crippen LogP contribution in [0.15, 0.2) is 52.1 Å².